The van der Waals surface area contributed by atoms with E-state index in [0.29, 0.717) is 30.2 Å². The predicted molar refractivity (Wildman–Crippen MR) is 89.7 cm³/mol. The summed E-state index contributed by atoms with van der Waals surface area (Å²) in [7, 11) is 0. The zero-order valence-corrected chi connectivity index (χ0v) is 14.1. The molecule has 0 N–H and O–H groups in total. The van der Waals surface area contributed by atoms with E-state index in [2.05, 4.69) is 6.92 Å². The van der Waals surface area contributed by atoms with Crippen molar-refractivity contribution in [3.63, 3.8) is 0 Å². The molecule has 4 atom stereocenters. The van der Waals surface area contributed by atoms with E-state index < -0.39 is 0 Å². The third-order valence-electron chi connectivity index (χ3n) is 5.56. The summed E-state index contributed by atoms with van der Waals surface area (Å²) in [6.45, 7) is 3.88. The molecule has 0 spiro atoms. The lowest BCUT2D eigenvalue weighted by Gasteiger charge is -2.41. The lowest BCUT2D eigenvalue weighted by atomic mass is 9.70. The van der Waals surface area contributed by atoms with Crippen LogP contribution in [-0.2, 0) is 4.79 Å². The fraction of sp³-hybridized carbons (Fsp3) is 0.600. The Kier molecular flexibility index (Phi) is 4.84. The molecule has 0 aromatic heterocycles. The van der Waals surface area contributed by atoms with Crippen molar-refractivity contribution in [1.29, 1.82) is 0 Å². The number of carbonyl (C=O) groups excluding carboxylic acids is 2. The number of ketones is 2. The van der Waals surface area contributed by atoms with Crippen LogP contribution in [0.1, 0.15) is 62.7 Å². The second kappa shape index (κ2) is 6.86. The predicted octanol–water partition coefficient (Wildman–Crippen LogP) is 4.44. The number of ether oxygens (including phenoxy) is 1. The van der Waals surface area contributed by atoms with E-state index in [1.54, 1.807) is 6.92 Å². The summed E-state index contributed by atoms with van der Waals surface area (Å²) in [5.74, 6) is 1.84. The SMILES string of the molecule is CC(=O)CCC1C(=O)c2ccccc2OC1C1CCCCC1C. The molecule has 2 aliphatic rings. The Bertz CT molecular complexity index is 592. The molecule has 1 aliphatic heterocycles. The molecule has 0 radical (unpaired) electrons. The van der Waals surface area contributed by atoms with Gasteiger partial charge in [-0.15, -0.1) is 0 Å². The van der Waals surface area contributed by atoms with Gasteiger partial charge in [0.2, 0.25) is 0 Å². The Labute approximate surface area is 138 Å². The van der Waals surface area contributed by atoms with Gasteiger partial charge < -0.3 is 9.53 Å². The minimum Gasteiger partial charge on any atom is -0.489 e. The van der Waals surface area contributed by atoms with Crippen molar-refractivity contribution < 1.29 is 14.3 Å². The molecule has 1 fully saturated rings. The molecular formula is C20H26O3. The zero-order chi connectivity index (χ0) is 16.4. The van der Waals surface area contributed by atoms with Gasteiger partial charge in [0.15, 0.2) is 5.78 Å². The number of hydrogen-bond acceptors (Lipinski definition) is 3. The lowest BCUT2D eigenvalue weighted by molar-refractivity contribution is -0.117. The molecule has 124 valence electrons. The second-order valence-corrected chi connectivity index (χ2v) is 7.22. The molecule has 1 heterocycles. The number of para-hydroxylation sites is 1. The van der Waals surface area contributed by atoms with Crippen molar-refractivity contribution in [2.24, 2.45) is 17.8 Å². The van der Waals surface area contributed by atoms with E-state index in [4.69, 9.17) is 4.74 Å². The summed E-state index contributed by atoms with van der Waals surface area (Å²) < 4.78 is 6.33. The van der Waals surface area contributed by atoms with Gasteiger partial charge in [-0.1, -0.05) is 38.3 Å². The van der Waals surface area contributed by atoms with Crippen LogP contribution in [0.4, 0.5) is 0 Å². The fourth-order valence-corrected chi connectivity index (χ4v) is 4.22. The van der Waals surface area contributed by atoms with Gasteiger partial charge in [-0.25, -0.2) is 0 Å². The summed E-state index contributed by atoms with van der Waals surface area (Å²) in [6, 6.07) is 7.54. The van der Waals surface area contributed by atoms with Gasteiger partial charge in [0, 0.05) is 6.42 Å². The number of benzene rings is 1. The number of fused-ring (bicyclic) bond motifs is 1. The monoisotopic (exact) mass is 314 g/mol. The molecule has 0 saturated heterocycles. The van der Waals surface area contributed by atoms with Gasteiger partial charge in [0.1, 0.15) is 17.6 Å². The molecule has 0 amide bonds. The molecule has 0 bridgehead atoms. The Morgan fingerprint density at radius 3 is 2.70 bits per heavy atom. The van der Waals surface area contributed by atoms with Gasteiger partial charge in [-0.2, -0.15) is 0 Å². The average molecular weight is 314 g/mol. The van der Waals surface area contributed by atoms with Crippen molar-refractivity contribution in [3.05, 3.63) is 29.8 Å². The Morgan fingerprint density at radius 1 is 1.22 bits per heavy atom. The van der Waals surface area contributed by atoms with Crippen molar-refractivity contribution in [3.8, 4) is 5.75 Å². The number of hydrogen-bond donors (Lipinski definition) is 0. The first kappa shape index (κ1) is 16.2. The van der Waals surface area contributed by atoms with Crippen LogP contribution in [0.2, 0.25) is 0 Å². The van der Waals surface area contributed by atoms with E-state index in [9.17, 15) is 9.59 Å². The Morgan fingerprint density at radius 2 is 1.96 bits per heavy atom. The first-order valence-electron chi connectivity index (χ1n) is 8.87. The van der Waals surface area contributed by atoms with Crippen LogP contribution < -0.4 is 4.74 Å². The minimum absolute atomic E-state index is 0.0768. The molecule has 3 nitrogen and oxygen atoms in total. The highest BCUT2D eigenvalue weighted by atomic mass is 16.5. The van der Waals surface area contributed by atoms with Gasteiger partial charge >= 0.3 is 0 Å². The van der Waals surface area contributed by atoms with E-state index in [1.807, 2.05) is 24.3 Å². The van der Waals surface area contributed by atoms with Crippen LogP contribution in [0.15, 0.2) is 24.3 Å². The topological polar surface area (TPSA) is 43.4 Å². The van der Waals surface area contributed by atoms with Crippen LogP contribution in [-0.4, -0.2) is 17.7 Å². The molecule has 23 heavy (non-hydrogen) atoms. The first-order valence-corrected chi connectivity index (χ1v) is 8.87. The average Bonchev–Trinajstić information content (AvgIpc) is 2.54. The Balaban J connectivity index is 1.90. The standard InChI is InChI=1S/C20H26O3/c1-13-7-3-4-8-15(13)20-17(12-11-14(2)21)19(22)16-9-5-6-10-18(16)23-20/h5-6,9-10,13,15,17,20H,3-4,7-8,11-12H2,1-2H3. The van der Waals surface area contributed by atoms with E-state index in [0.717, 1.165) is 12.2 Å². The van der Waals surface area contributed by atoms with Gasteiger partial charge in [-0.3, -0.25) is 4.79 Å². The highest BCUT2D eigenvalue weighted by molar-refractivity contribution is 6.01. The number of rotatable bonds is 4. The zero-order valence-electron chi connectivity index (χ0n) is 14.1. The summed E-state index contributed by atoms with van der Waals surface area (Å²) in [6.07, 6.45) is 5.80. The molecule has 1 aromatic carbocycles. The normalized spacial score (nSPS) is 30.4. The van der Waals surface area contributed by atoms with Crippen molar-refractivity contribution in [1.82, 2.24) is 0 Å². The third kappa shape index (κ3) is 3.34. The number of Topliss-reactive ketones (excluding diaryl/α,β-unsaturated/α-hetero) is 2. The smallest absolute Gasteiger partial charge is 0.173 e. The van der Waals surface area contributed by atoms with Crippen molar-refractivity contribution >= 4 is 11.6 Å². The summed E-state index contributed by atoms with van der Waals surface area (Å²) in [4.78, 5) is 24.4. The molecule has 3 heteroatoms. The quantitative estimate of drug-likeness (QED) is 0.825. The van der Waals surface area contributed by atoms with Crippen LogP contribution in [0.3, 0.4) is 0 Å². The van der Waals surface area contributed by atoms with Gasteiger partial charge in [0.05, 0.1) is 11.5 Å². The maximum Gasteiger partial charge on any atom is 0.173 e. The van der Waals surface area contributed by atoms with Crippen LogP contribution in [0, 0.1) is 17.8 Å². The second-order valence-electron chi connectivity index (χ2n) is 7.22. The van der Waals surface area contributed by atoms with Crippen LogP contribution in [0.25, 0.3) is 0 Å². The third-order valence-corrected chi connectivity index (χ3v) is 5.56. The summed E-state index contributed by atoms with van der Waals surface area (Å²) >= 11 is 0. The van der Waals surface area contributed by atoms with Crippen molar-refractivity contribution in [2.75, 3.05) is 0 Å². The maximum absolute atomic E-state index is 13.0. The molecular weight excluding hydrogens is 288 g/mol. The van der Waals surface area contributed by atoms with Crippen LogP contribution >= 0.6 is 0 Å². The minimum atomic E-state index is -0.181. The Hall–Kier alpha value is -1.64. The largest absolute Gasteiger partial charge is 0.489 e. The maximum atomic E-state index is 13.0. The van der Waals surface area contributed by atoms with Crippen molar-refractivity contribution in [2.45, 2.75) is 58.5 Å². The van der Waals surface area contributed by atoms with Crippen LogP contribution in [0.5, 0.6) is 5.75 Å². The summed E-state index contributed by atoms with van der Waals surface area (Å²) in [5, 5.41) is 0. The van der Waals surface area contributed by atoms with E-state index >= 15 is 0 Å². The number of carbonyl (C=O) groups is 2. The van der Waals surface area contributed by atoms with Gasteiger partial charge in [-0.05, 0) is 43.7 Å². The fourth-order valence-electron chi connectivity index (χ4n) is 4.22. The van der Waals surface area contributed by atoms with Gasteiger partial charge in [0.25, 0.3) is 0 Å². The highest BCUT2D eigenvalue weighted by Gasteiger charge is 2.43. The first-order chi connectivity index (χ1) is 11.1. The highest BCUT2D eigenvalue weighted by Crippen LogP contribution is 2.42. The molecule has 4 unspecified atom stereocenters. The molecule has 1 saturated carbocycles. The van der Waals surface area contributed by atoms with E-state index in [-0.39, 0.29) is 23.6 Å². The van der Waals surface area contributed by atoms with E-state index in [1.165, 1.54) is 19.3 Å². The molecule has 1 aliphatic carbocycles. The summed E-state index contributed by atoms with van der Waals surface area (Å²) in [5.41, 5.74) is 0.681. The molecule has 1 aromatic rings. The molecule has 3 rings (SSSR count). The lowest BCUT2D eigenvalue weighted by Crippen LogP contribution is -2.45.